The van der Waals surface area contributed by atoms with Gasteiger partial charge in [0.25, 0.3) is 5.91 Å². The van der Waals surface area contributed by atoms with Crippen LogP contribution in [0.25, 0.3) is 0 Å². The van der Waals surface area contributed by atoms with Crippen LogP contribution >= 0.6 is 23.4 Å². The fourth-order valence-electron chi connectivity index (χ4n) is 3.01. The Morgan fingerprint density at radius 2 is 1.80 bits per heavy atom. The summed E-state index contributed by atoms with van der Waals surface area (Å²) >= 11 is 7.63. The molecule has 3 aromatic carbocycles. The van der Waals surface area contributed by atoms with Crippen LogP contribution in [-0.2, 0) is 10.5 Å². The topological polar surface area (TPSA) is 38.3 Å². The molecular weight excluding hydrogens is 414 g/mol. The van der Waals surface area contributed by atoms with Gasteiger partial charge >= 0.3 is 0 Å². The summed E-state index contributed by atoms with van der Waals surface area (Å²) in [5.41, 5.74) is 4.18. The lowest BCUT2D eigenvalue weighted by molar-refractivity contribution is -0.118. The van der Waals surface area contributed by atoms with E-state index in [4.69, 9.17) is 16.3 Å². The average Bonchev–Trinajstić information content (AvgIpc) is 2.72. The second kappa shape index (κ2) is 10.6. The van der Waals surface area contributed by atoms with Crippen molar-refractivity contribution < 1.29 is 9.53 Å². The fourth-order valence-corrected chi connectivity index (χ4v) is 4.10. The zero-order valence-corrected chi connectivity index (χ0v) is 19.0. The summed E-state index contributed by atoms with van der Waals surface area (Å²) in [5.74, 6) is 1.71. The Labute approximate surface area is 187 Å². The number of anilines is 1. The maximum absolute atomic E-state index is 12.6. The Balaban J connectivity index is 1.62. The number of amides is 1. The van der Waals surface area contributed by atoms with Gasteiger partial charge < -0.3 is 10.1 Å². The molecule has 0 fully saturated rings. The highest BCUT2D eigenvalue weighted by Gasteiger charge is 2.12. The van der Waals surface area contributed by atoms with Crippen LogP contribution < -0.4 is 10.1 Å². The van der Waals surface area contributed by atoms with E-state index in [1.165, 1.54) is 5.56 Å². The molecular formula is C25H26ClNO2S. The number of aryl methyl sites for hydroxylation is 1. The van der Waals surface area contributed by atoms with Gasteiger partial charge in [-0.05, 0) is 59.9 Å². The number of ether oxygens (including phenoxy) is 1. The molecule has 0 aromatic heterocycles. The van der Waals surface area contributed by atoms with Gasteiger partial charge in [-0.2, -0.15) is 0 Å². The summed E-state index contributed by atoms with van der Waals surface area (Å²) in [5, 5.41) is 3.71. The lowest BCUT2D eigenvalue weighted by Gasteiger charge is -2.15. The van der Waals surface area contributed by atoms with Crippen molar-refractivity contribution in [3.05, 3.63) is 88.4 Å². The first-order valence-electron chi connectivity index (χ1n) is 9.92. The van der Waals surface area contributed by atoms with E-state index in [0.29, 0.717) is 5.92 Å². The van der Waals surface area contributed by atoms with Crippen LogP contribution in [0.5, 0.6) is 5.75 Å². The molecule has 0 bridgehead atoms. The van der Waals surface area contributed by atoms with Gasteiger partial charge in [-0.1, -0.05) is 61.8 Å². The first kappa shape index (κ1) is 22.3. The molecule has 3 rings (SSSR count). The lowest BCUT2D eigenvalue weighted by atomic mass is 10.0. The van der Waals surface area contributed by atoms with Gasteiger partial charge in [0.05, 0.1) is 5.69 Å². The molecule has 1 amide bonds. The number of thioether (sulfide) groups is 1. The smallest absolute Gasteiger partial charge is 0.262 e. The normalized spacial score (nSPS) is 10.8. The highest BCUT2D eigenvalue weighted by molar-refractivity contribution is 7.98. The molecule has 0 aliphatic carbocycles. The Hall–Kier alpha value is -2.43. The summed E-state index contributed by atoms with van der Waals surface area (Å²) in [6.07, 6.45) is 0. The number of rotatable bonds is 8. The number of carbonyl (C=O) groups excluding carboxylic acids is 1. The molecule has 0 atom stereocenters. The summed E-state index contributed by atoms with van der Waals surface area (Å²) in [6, 6.07) is 21.7. The number of carbonyl (C=O) groups is 1. The SMILES string of the molecule is Cc1ccc(C(C)C)c(OCC(=O)Nc2ccccc2SCc2ccc(Cl)cc2)c1. The molecule has 0 radical (unpaired) electrons. The molecule has 0 aliphatic rings. The number of halogens is 1. The Morgan fingerprint density at radius 1 is 1.07 bits per heavy atom. The lowest BCUT2D eigenvalue weighted by Crippen LogP contribution is -2.21. The van der Waals surface area contributed by atoms with Crippen molar-refractivity contribution in [3.8, 4) is 5.75 Å². The van der Waals surface area contributed by atoms with E-state index in [2.05, 4.69) is 31.3 Å². The van der Waals surface area contributed by atoms with E-state index >= 15 is 0 Å². The highest BCUT2D eigenvalue weighted by Crippen LogP contribution is 2.31. The summed E-state index contributed by atoms with van der Waals surface area (Å²) < 4.78 is 5.86. The quantitative estimate of drug-likeness (QED) is 0.381. The van der Waals surface area contributed by atoms with Gasteiger partial charge in [0.2, 0.25) is 0 Å². The van der Waals surface area contributed by atoms with Gasteiger partial charge in [-0.25, -0.2) is 0 Å². The molecule has 0 spiro atoms. The predicted octanol–water partition coefficient (Wildman–Crippen LogP) is 7.08. The molecule has 0 saturated heterocycles. The largest absolute Gasteiger partial charge is 0.483 e. The van der Waals surface area contributed by atoms with E-state index in [-0.39, 0.29) is 12.5 Å². The molecule has 0 heterocycles. The summed E-state index contributed by atoms with van der Waals surface area (Å²) in [6.45, 7) is 6.22. The third-order valence-electron chi connectivity index (χ3n) is 4.62. The van der Waals surface area contributed by atoms with Gasteiger partial charge in [0.1, 0.15) is 5.75 Å². The summed E-state index contributed by atoms with van der Waals surface area (Å²) in [7, 11) is 0. The minimum Gasteiger partial charge on any atom is -0.483 e. The molecule has 0 unspecified atom stereocenters. The Bertz CT molecular complexity index is 1000. The molecule has 5 heteroatoms. The maximum Gasteiger partial charge on any atom is 0.262 e. The molecule has 30 heavy (non-hydrogen) atoms. The first-order valence-corrected chi connectivity index (χ1v) is 11.3. The minimum absolute atomic E-state index is 0.0284. The second-order valence-corrected chi connectivity index (χ2v) is 8.90. The molecule has 3 nitrogen and oxygen atoms in total. The molecule has 0 aliphatic heterocycles. The van der Waals surface area contributed by atoms with E-state index in [9.17, 15) is 4.79 Å². The average molecular weight is 440 g/mol. The van der Waals surface area contributed by atoms with Crippen molar-refractivity contribution in [2.24, 2.45) is 0 Å². The van der Waals surface area contributed by atoms with Crippen LogP contribution in [0.4, 0.5) is 5.69 Å². The van der Waals surface area contributed by atoms with Crippen molar-refractivity contribution in [2.75, 3.05) is 11.9 Å². The van der Waals surface area contributed by atoms with E-state index in [0.717, 1.165) is 38.2 Å². The van der Waals surface area contributed by atoms with Crippen molar-refractivity contribution in [3.63, 3.8) is 0 Å². The zero-order chi connectivity index (χ0) is 21.5. The highest BCUT2D eigenvalue weighted by atomic mass is 35.5. The number of para-hydroxylation sites is 1. The van der Waals surface area contributed by atoms with Crippen LogP contribution in [0.1, 0.15) is 36.5 Å². The van der Waals surface area contributed by atoms with E-state index in [1.54, 1.807) is 11.8 Å². The second-order valence-electron chi connectivity index (χ2n) is 7.44. The molecule has 3 aromatic rings. The number of benzene rings is 3. The van der Waals surface area contributed by atoms with Crippen LogP contribution in [0.15, 0.2) is 71.6 Å². The van der Waals surface area contributed by atoms with Crippen molar-refractivity contribution >= 4 is 35.0 Å². The van der Waals surface area contributed by atoms with Crippen LogP contribution in [0.3, 0.4) is 0 Å². The number of hydrogen-bond acceptors (Lipinski definition) is 3. The molecule has 1 N–H and O–H groups in total. The first-order chi connectivity index (χ1) is 14.4. The zero-order valence-electron chi connectivity index (χ0n) is 17.4. The Morgan fingerprint density at radius 3 is 2.53 bits per heavy atom. The monoisotopic (exact) mass is 439 g/mol. The molecule has 156 valence electrons. The third-order valence-corrected chi connectivity index (χ3v) is 6.02. The van der Waals surface area contributed by atoms with E-state index < -0.39 is 0 Å². The summed E-state index contributed by atoms with van der Waals surface area (Å²) in [4.78, 5) is 13.6. The van der Waals surface area contributed by atoms with Gasteiger partial charge in [0.15, 0.2) is 6.61 Å². The minimum atomic E-state index is -0.175. The standard InChI is InChI=1S/C25H26ClNO2S/c1-17(2)21-13-8-18(3)14-23(21)29-15-25(28)27-22-6-4-5-7-24(22)30-16-19-9-11-20(26)12-10-19/h4-14,17H,15-16H2,1-3H3,(H,27,28). The van der Waals surface area contributed by atoms with Crippen LogP contribution in [-0.4, -0.2) is 12.5 Å². The van der Waals surface area contributed by atoms with Gasteiger partial charge in [-0.15, -0.1) is 11.8 Å². The van der Waals surface area contributed by atoms with Crippen molar-refractivity contribution in [2.45, 2.75) is 37.3 Å². The van der Waals surface area contributed by atoms with Crippen LogP contribution in [0, 0.1) is 6.92 Å². The fraction of sp³-hybridized carbons (Fsp3) is 0.240. The van der Waals surface area contributed by atoms with Gasteiger partial charge in [-0.3, -0.25) is 4.79 Å². The predicted molar refractivity (Wildman–Crippen MR) is 127 cm³/mol. The van der Waals surface area contributed by atoms with Crippen LogP contribution in [0.2, 0.25) is 5.02 Å². The van der Waals surface area contributed by atoms with Crippen molar-refractivity contribution in [1.82, 2.24) is 0 Å². The third kappa shape index (κ3) is 6.28. The molecule has 0 saturated carbocycles. The van der Waals surface area contributed by atoms with Gasteiger partial charge in [0, 0.05) is 15.7 Å². The number of hydrogen-bond donors (Lipinski definition) is 1. The number of nitrogens with one attached hydrogen (secondary N) is 1. The van der Waals surface area contributed by atoms with E-state index in [1.807, 2.05) is 61.5 Å². The Kier molecular flexibility index (Phi) is 7.83. The van der Waals surface area contributed by atoms with Crippen molar-refractivity contribution in [1.29, 1.82) is 0 Å². The maximum atomic E-state index is 12.6.